The van der Waals surface area contributed by atoms with Crippen LogP contribution in [0.4, 0.5) is 0 Å². The highest BCUT2D eigenvalue weighted by molar-refractivity contribution is 9.10. The second-order valence-corrected chi connectivity index (χ2v) is 5.07. The van der Waals surface area contributed by atoms with Crippen LogP contribution in [0.25, 0.3) is 6.08 Å². The lowest BCUT2D eigenvalue weighted by Crippen LogP contribution is -2.02. The molecule has 0 saturated carbocycles. The summed E-state index contributed by atoms with van der Waals surface area (Å²) >= 11 is 3.57. The van der Waals surface area contributed by atoms with E-state index in [-0.39, 0.29) is 0 Å². The van der Waals surface area contributed by atoms with E-state index in [0.717, 1.165) is 27.1 Å². The molecule has 0 unspecified atom stereocenters. The van der Waals surface area contributed by atoms with Crippen molar-refractivity contribution in [1.82, 2.24) is 0 Å². The first kappa shape index (κ1) is 15.1. The number of benzene rings is 1. The SMILES string of the molecule is COc1cc(Br)c(/C=C/CN)c(C(C)C)c1OC. The first-order chi connectivity index (χ1) is 8.56. The lowest BCUT2D eigenvalue weighted by atomic mass is 9.95. The molecule has 0 radical (unpaired) electrons. The van der Waals surface area contributed by atoms with E-state index in [1.165, 1.54) is 0 Å². The molecule has 1 aromatic carbocycles. The van der Waals surface area contributed by atoms with Gasteiger partial charge in [-0.2, -0.15) is 0 Å². The standard InChI is InChI=1S/C14H20BrNO2/c1-9(2)13-10(6-5-7-16)11(15)8-12(17-3)14(13)18-4/h5-6,8-9H,7,16H2,1-4H3/b6-5+. The Morgan fingerprint density at radius 2 is 2.00 bits per heavy atom. The molecule has 0 saturated heterocycles. The quantitative estimate of drug-likeness (QED) is 0.904. The van der Waals surface area contributed by atoms with Gasteiger partial charge in [-0.25, -0.2) is 0 Å². The molecular formula is C14H20BrNO2. The third-order valence-electron chi connectivity index (χ3n) is 2.70. The minimum Gasteiger partial charge on any atom is -0.493 e. The van der Waals surface area contributed by atoms with E-state index in [1.807, 2.05) is 18.2 Å². The van der Waals surface area contributed by atoms with Crippen molar-refractivity contribution >= 4 is 22.0 Å². The van der Waals surface area contributed by atoms with Gasteiger partial charge in [0.2, 0.25) is 0 Å². The summed E-state index contributed by atoms with van der Waals surface area (Å²) in [5.74, 6) is 1.84. The van der Waals surface area contributed by atoms with E-state index in [1.54, 1.807) is 14.2 Å². The van der Waals surface area contributed by atoms with Gasteiger partial charge in [0.1, 0.15) is 0 Å². The summed E-state index contributed by atoms with van der Waals surface area (Å²) in [5.41, 5.74) is 7.73. The van der Waals surface area contributed by atoms with Crippen molar-refractivity contribution in [3.63, 3.8) is 0 Å². The van der Waals surface area contributed by atoms with Gasteiger partial charge >= 0.3 is 0 Å². The van der Waals surface area contributed by atoms with Crippen LogP contribution in [-0.2, 0) is 0 Å². The second-order valence-electron chi connectivity index (χ2n) is 4.21. The molecule has 3 nitrogen and oxygen atoms in total. The Bertz CT molecular complexity index is 442. The fourth-order valence-corrected chi connectivity index (χ4v) is 2.49. The van der Waals surface area contributed by atoms with Crippen molar-refractivity contribution < 1.29 is 9.47 Å². The molecule has 0 fully saturated rings. The fourth-order valence-electron chi connectivity index (χ4n) is 1.93. The maximum atomic E-state index is 5.52. The van der Waals surface area contributed by atoms with Gasteiger partial charge in [-0.3, -0.25) is 0 Å². The minimum atomic E-state index is 0.323. The zero-order valence-electron chi connectivity index (χ0n) is 11.3. The molecule has 0 spiro atoms. The van der Waals surface area contributed by atoms with Crippen LogP contribution in [0.2, 0.25) is 0 Å². The Morgan fingerprint density at radius 3 is 2.44 bits per heavy atom. The molecule has 0 aliphatic heterocycles. The van der Waals surface area contributed by atoms with Crippen molar-refractivity contribution in [2.75, 3.05) is 20.8 Å². The summed E-state index contributed by atoms with van der Waals surface area (Å²) < 4.78 is 11.8. The number of nitrogens with two attached hydrogens (primary N) is 1. The van der Waals surface area contributed by atoms with Crippen LogP contribution in [-0.4, -0.2) is 20.8 Å². The predicted molar refractivity (Wildman–Crippen MR) is 79.4 cm³/mol. The van der Waals surface area contributed by atoms with Crippen LogP contribution in [0.5, 0.6) is 11.5 Å². The van der Waals surface area contributed by atoms with Gasteiger partial charge in [0, 0.05) is 16.6 Å². The molecule has 4 heteroatoms. The molecule has 0 aromatic heterocycles. The first-order valence-electron chi connectivity index (χ1n) is 5.87. The molecule has 0 amide bonds. The highest BCUT2D eigenvalue weighted by Gasteiger charge is 2.19. The van der Waals surface area contributed by atoms with Gasteiger partial charge < -0.3 is 15.2 Å². The maximum Gasteiger partial charge on any atom is 0.164 e. The van der Waals surface area contributed by atoms with Crippen molar-refractivity contribution in [2.24, 2.45) is 5.73 Å². The largest absolute Gasteiger partial charge is 0.493 e. The van der Waals surface area contributed by atoms with Crippen LogP contribution < -0.4 is 15.2 Å². The van der Waals surface area contributed by atoms with E-state index in [0.29, 0.717) is 12.5 Å². The molecule has 18 heavy (non-hydrogen) atoms. The first-order valence-corrected chi connectivity index (χ1v) is 6.67. The Kier molecular flexibility index (Phi) is 5.69. The molecule has 0 aliphatic rings. The third kappa shape index (κ3) is 3.06. The maximum absolute atomic E-state index is 5.52. The number of halogens is 1. The smallest absolute Gasteiger partial charge is 0.164 e. The molecule has 100 valence electrons. The molecule has 0 heterocycles. The van der Waals surface area contributed by atoms with Crippen molar-refractivity contribution in [1.29, 1.82) is 0 Å². The van der Waals surface area contributed by atoms with Crippen LogP contribution in [0.3, 0.4) is 0 Å². The van der Waals surface area contributed by atoms with Gasteiger partial charge in [-0.05, 0) is 17.5 Å². The highest BCUT2D eigenvalue weighted by atomic mass is 79.9. The van der Waals surface area contributed by atoms with Crippen LogP contribution in [0.15, 0.2) is 16.6 Å². The number of hydrogen-bond acceptors (Lipinski definition) is 3. The predicted octanol–water partition coefficient (Wildman–Crippen LogP) is 3.56. The molecular weight excluding hydrogens is 294 g/mol. The monoisotopic (exact) mass is 313 g/mol. The zero-order chi connectivity index (χ0) is 13.7. The molecule has 0 aliphatic carbocycles. The van der Waals surface area contributed by atoms with Crippen LogP contribution in [0, 0.1) is 0 Å². The highest BCUT2D eigenvalue weighted by Crippen LogP contribution is 2.42. The summed E-state index contributed by atoms with van der Waals surface area (Å²) in [5, 5.41) is 0. The van der Waals surface area contributed by atoms with E-state index in [4.69, 9.17) is 15.2 Å². The lowest BCUT2D eigenvalue weighted by molar-refractivity contribution is 0.350. The number of hydrogen-bond donors (Lipinski definition) is 1. The van der Waals surface area contributed by atoms with E-state index >= 15 is 0 Å². The van der Waals surface area contributed by atoms with Crippen molar-refractivity contribution in [3.8, 4) is 11.5 Å². The molecule has 2 N–H and O–H groups in total. The van der Waals surface area contributed by atoms with Gasteiger partial charge in [0.05, 0.1) is 14.2 Å². The van der Waals surface area contributed by atoms with Gasteiger partial charge in [-0.1, -0.05) is 41.9 Å². The summed E-state index contributed by atoms with van der Waals surface area (Å²) in [6, 6.07) is 1.92. The van der Waals surface area contributed by atoms with Gasteiger partial charge in [0.15, 0.2) is 11.5 Å². The second kappa shape index (κ2) is 6.81. The third-order valence-corrected chi connectivity index (χ3v) is 3.35. The number of ether oxygens (including phenoxy) is 2. The fraction of sp³-hybridized carbons (Fsp3) is 0.429. The van der Waals surface area contributed by atoms with E-state index < -0.39 is 0 Å². The van der Waals surface area contributed by atoms with Crippen LogP contribution in [0.1, 0.15) is 30.9 Å². The van der Waals surface area contributed by atoms with Crippen LogP contribution >= 0.6 is 15.9 Å². The van der Waals surface area contributed by atoms with Crippen molar-refractivity contribution in [3.05, 3.63) is 27.7 Å². The van der Waals surface area contributed by atoms with Gasteiger partial charge in [0.25, 0.3) is 0 Å². The average molecular weight is 314 g/mol. The van der Waals surface area contributed by atoms with Crippen molar-refractivity contribution in [2.45, 2.75) is 19.8 Å². The summed E-state index contributed by atoms with van der Waals surface area (Å²) in [7, 11) is 3.30. The molecule has 0 atom stereocenters. The zero-order valence-corrected chi connectivity index (χ0v) is 12.9. The Hall–Kier alpha value is -1.00. The molecule has 1 aromatic rings. The molecule has 1 rings (SSSR count). The van der Waals surface area contributed by atoms with E-state index in [9.17, 15) is 0 Å². The number of rotatable bonds is 5. The number of methoxy groups -OCH3 is 2. The Labute approximate surface area is 117 Å². The summed E-state index contributed by atoms with van der Waals surface area (Å²) in [6.07, 6.45) is 3.94. The minimum absolute atomic E-state index is 0.323. The Balaban J connectivity index is 3.53. The summed E-state index contributed by atoms with van der Waals surface area (Å²) in [4.78, 5) is 0. The average Bonchev–Trinajstić information content (AvgIpc) is 2.35. The van der Waals surface area contributed by atoms with E-state index in [2.05, 4.69) is 29.8 Å². The Morgan fingerprint density at radius 1 is 1.33 bits per heavy atom. The summed E-state index contributed by atoms with van der Waals surface area (Å²) in [6.45, 7) is 4.77. The normalized spacial score (nSPS) is 11.3. The van der Waals surface area contributed by atoms with Gasteiger partial charge in [-0.15, -0.1) is 0 Å². The topological polar surface area (TPSA) is 44.5 Å². The molecule has 0 bridgehead atoms. The lowest BCUT2D eigenvalue weighted by Gasteiger charge is -2.19.